The van der Waals surface area contributed by atoms with Crippen molar-refractivity contribution < 1.29 is 14.3 Å². The minimum atomic E-state index is -0.900. The Morgan fingerprint density at radius 2 is 1.44 bits per heavy atom. The van der Waals surface area contributed by atoms with E-state index in [2.05, 4.69) is 5.32 Å². The van der Waals surface area contributed by atoms with Gasteiger partial charge in [0.15, 0.2) is 6.10 Å². The van der Waals surface area contributed by atoms with Gasteiger partial charge < -0.3 is 10.1 Å². The van der Waals surface area contributed by atoms with Gasteiger partial charge in [-0.2, -0.15) is 0 Å². The normalized spacial score (nSPS) is 11.4. The summed E-state index contributed by atoms with van der Waals surface area (Å²) in [6.45, 7) is 1.57. The van der Waals surface area contributed by atoms with Crippen LogP contribution in [0.15, 0.2) is 84.9 Å². The summed E-state index contributed by atoms with van der Waals surface area (Å²) in [7, 11) is 0. The lowest BCUT2D eigenvalue weighted by Crippen LogP contribution is -2.30. The first-order valence-corrected chi connectivity index (χ1v) is 8.82. The lowest BCUT2D eigenvalue weighted by molar-refractivity contribution is -0.123. The first-order valence-electron chi connectivity index (χ1n) is 8.82. The van der Waals surface area contributed by atoms with Crippen molar-refractivity contribution in [3.8, 4) is 0 Å². The number of nitrogens with one attached hydrogen (secondary N) is 1. The Kier molecular flexibility index (Phi) is 6.00. The molecule has 1 amide bonds. The molecule has 1 atom stereocenters. The Balaban J connectivity index is 1.68. The highest BCUT2D eigenvalue weighted by molar-refractivity contribution is 5.97. The van der Waals surface area contributed by atoms with Crippen LogP contribution in [0.5, 0.6) is 0 Å². The van der Waals surface area contributed by atoms with Gasteiger partial charge in [0.2, 0.25) is 0 Å². The molecule has 0 aliphatic rings. The maximum Gasteiger partial charge on any atom is 0.339 e. The summed E-state index contributed by atoms with van der Waals surface area (Å²) < 4.78 is 5.40. The molecule has 27 heavy (non-hydrogen) atoms. The monoisotopic (exact) mass is 359 g/mol. The molecule has 0 heterocycles. The van der Waals surface area contributed by atoms with Crippen LogP contribution in [-0.2, 0) is 16.0 Å². The molecule has 0 saturated carbocycles. The molecule has 0 bridgehead atoms. The lowest BCUT2D eigenvalue weighted by Gasteiger charge is -2.15. The first-order chi connectivity index (χ1) is 13.1. The molecule has 0 aliphatic heterocycles. The third-order valence-corrected chi connectivity index (χ3v) is 4.17. The molecule has 0 fully saturated rings. The van der Waals surface area contributed by atoms with Gasteiger partial charge in [-0.3, -0.25) is 4.79 Å². The molecule has 4 heteroatoms. The van der Waals surface area contributed by atoms with Crippen molar-refractivity contribution in [2.24, 2.45) is 0 Å². The molecule has 4 nitrogen and oxygen atoms in total. The van der Waals surface area contributed by atoms with E-state index in [1.54, 1.807) is 31.2 Å². The van der Waals surface area contributed by atoms with Crippen molar-refractivity contribution in [3.05, 3.63) is 102 Å². The van der Waals surface area contributed by atoms with Gasteiger partial charge in [-0.25, -0.2) is 4.79 Å². The van der Waals surface area contributed by atoms with Gasteiger partial charge >= 0.3 is 5.97 Å². The molecule has 3 rings (SSSR count). The third kappa shape index (κ3) is 5.05. The number of para-hydroxylation sites is 1. The highest BCUT2D eigenvalue weighted by Gasteiger charge is 2.20. The summed E-state index contributed by atoms with van der Waals surface area (Å²) in [6.07, 6.45) is -0.279. The molecular weight excluding hydrogens is 338 g/mol. The van der Waals surface area contributed by atoms with Crippen LogP contribution in [0.2, 0.25) is 0 Å². The predicted molar refractivity (Wildman–Crippen MR) is 106 cm³/mol. The number of esters is 1. The number of anilines is 1. The second-order valence-electron chi connectivity index (χ2n) is 6.22. The third-order valence-electron chi connectivity index (χ3n) is 4.17. The van der Waals surface area contributed by atoms with Crippen LogP contribution in [0, 0.1) is 0 Å². The fourth-order valence-corrected chi connectivity index (χ4v) is 2.73. The number of carbonyl (C=O) groups is 2. The smallest absolute Gasteiger partial charge is 0.339 e. The van der Waals surface area contributed by atoms with Gasteiger partial charge in [0.05, 0.1) is 5.56 Å². The van der Waals surface area contributed by atoms with E-state index in [1.165, 1.54) is 0 Å². The van der Waals surface area contributed by atoms with Gasteiger partial charge in [-0.05, 0) is 42.7 Å². The summed E-state index contributed by atoms with van der Waals surface area (Å²) in [5, 5.41) is 2.74. The zero-order valence-electron chi connectivity index (χ0n) is 15.1. The molecule has 0 radical (unpaired) electrons. The SMILES string of the molecule is CC(OC(=O)c1ccccc1Cc1ccccc1)C(=O)Nc1ccccc1. The molecule has 3 aromatic rings. The highest BCUT2D eigenvalue weighted by atomic mass is 16.5. The van der Waals surface area contributed by atoms with Crippen molar-refractivity contribution in [1.29, 1.82) is 0 Å². The zero-order chi connectivity index (χ0) is 19.1. The van der Waals surface area contributed by atoms with E-state index in [-0.39, 0.29) is 5.91 Å². The molecule has 0 spiro atoms. The molecule has 1 unspecified atom stereocenters. The number of ether oxygens (including phenoxy) is 1. The number of benzene rings is 3. The zero-order valence-corrected chi connectivity index (χ0v) is 15.1. The van der Waals surface area contributed by atoms with E-state index in [0.29, 0.717) is 17.7 Å². The van der Waals surface area contributed by atoms with Crippen molar-refractivity contribution in [3.63, 3.8) is 0 Å². The van der Waals surface area contributed by atoms with E-state index >= 15 is 0 Å². The predicted octanol–water partition coefficient (Wildman–Crippen LogP) is 4.46. The Labute approximate surface area is 158 Å². The van der Waals surface area contributed by atoms with E-state index in [4.69, 9.17) is 4.74 Å². The Bertz CT molecular complexity index is 907. The summed E-state index contributed by atoms with van der Waals surface area (Å²) >= 11 is 0. The Morgan fingerprint density at radius 3 is 2.15 bits per heavy atom. The lowest BCUT2D eigenvalue weighted by atomic mass is 10.00. The van der Waals surface area contributed by atoms with Gasteiger partial charge in [0.25, 0.3) is 5.91 Å². The Hall–Kier alpha value is -3.40. The van der Waals surface area contributed by atoms with Crippen molar-refractivity contribution in [1.82, 2.24) is 0 Å². The van der Waals surface area contributed by atoms with Crippen LogP contribution in [0.25, 0.3) is 0 Å². The van der Waals surface area contributed by atoms with Gasteiger partial charge in [-0.15, -0.1) is 0 Å². The standard InChI is InChI=1S/C23H21NO3/c1-17(22(25)24-20-13-6-3-7-14-20)27-23(26)21-15-9-8-12-19(21)16-18-10-4-2-5-11-18/h2-15,17H,16H2,1H3,(H,24,25). The summed E-state index contributed by atoms with van der Waals surface area (Å²) in [5.41, 5.74) is 3.10. The average Bonchev–Trinajstić information content (AvgIpc) is 2.70. The quantitative estimate of drug-likeness (QED) is 0.661. The van der Waals surface area contributed by atoms with E-state index in [9.17, 15) is 9.59 Å². The van der Waals surface area contributed by atoms with Crippen molar-refractivity contribution in [2.75, 3.05) is 5.32 Å². The average molecular weight is 359 g/mol. The van der Waals surface area contributed by atoms with Crippen LogP contribution >= 0.6 is 0 Å². The maximum absolute atomic E-state index is 12.6. The summed E-state index contributed by atoms with van der Waals surface area (Å²) in [5.74, 6) is -0.868. The van der Waals surface area contributed by atoms with Crippen LogP contribution in [0.1, 0.15) is 28.4 Å². The largest absolute Gasteiger partial charge is 0.449 e. The topological polar surface area (TPSA) is 55.4 Å². The highest BCUT2D eigenvalue weighted by Crippen LogP contribution is 2.16. The number of carbonyl (C=O) groups excluding carboxylic acids is 2. The van der Waals surface area contributed by atoms with Gasteiger partial charge in [0, 0.05) is 5.69 Å². The molecule has 0 saturated heterocycles. The van der Waals surface area contributed by atoms with Gasteiger partial charge in [0.1, 0.15) is 0 Å². The molecular formula is C23H21NO3. The second kappa shape index (κ2) is 8.81. The van der Waals surface area contributed by atoms with E-state index < -0.39 is 12.1 Å². The molecule has 3 aromatic carbocycles. The first kappa shape index (κ1) is 18.4. The fourth-order valence-electron chi connectivity index (χ4n) is 2.73. The fraction of sp³-hybridized carbons (Fsp3) is 0.130. The summed E-state index contributed by atoms with van der Waals surface area (Å²) in [4.78, 5) is 24.9. The van der Waals surface area contributed by atoms with Crippen LogP contribution in [0.3, 0.4) is 0 Å². The van der Waals surface area contributed by atoms with E-state index in [0.717, 1.165) is 11.1 Å². The number of hydrogen-bond acceptors (Lipinski definition) is 3. The number of amides is 1. The van der Waals surface area contributed by atoms with Crippen molar-refractivity contribution >= 4 is 17.6 Å². The minimum Gasteiger partial charge on any atom is -0.449 e. The molecule has 0 aliphatic carbocycles. The maximum atomic E-state index is 12.6. The van der Waals surface area contributed by atoms with Crippen LogP contribution in [-0.4, -0.2) is 18.0 Å². The van der Waals surface area contributed by atoms with Crippen molar-refractivity contribution in [2.45, 2.75) is 19.4 Å². The van der Waals surface area contributed by atoms with Crippen LogP contribution < -0.4 is 5.32 Å². The Morgan fingerprint density at radius 1 is 0.852 bits per heavy atom. The number of hydrogen-bond donors (Lipinski definition) is 1. The second-order valence-corrected chi connectivity index (χ2v) is 6.22. The minimum absolute atomic E-state index is 0.366. The van der Waals surface area contributed by atoms with Crippen LogP contribution in [0.4, 0.5) is 5.69 Å². The molecule has 1 N–H and O–H groups in total. The summed E-state index contributed by atoms with van der Waals surface area (Å²) in [6, 6.07) is 26.3. The molecule has 0 aromatic heterocycles. The number of rotatable bonds is 6. The molecule has 136 valence electrons. The van der Waals surface area contributed by atoms with Gasteiger partial charge in [-0.1, -0.05) is 66.7 Å². The van der Waals surface area contributed by atoms with E-state index in [1.807, 2.05) is 60.7 Å².